The average molecular weight is 474 g/mol. The fourth-order valence-electron chi connectivity index (χ4n) is 4.15. The van der Waals surface area contributed by atoms with Gasteiger partial charge < -0.3 is 14.2 Å². The summed E-state index contributed by atoms with van der Waals surface area (Å²) in [5, 5.41) is 11.1. The van der Waals surface area contributed by atoms with Crippen molar-refractivity contribution in [2.45, 2.75) is 58.2 Å². The number of aromatic hydroxyl groups is 1. The molecule has 1 aliphatic rings. The summed E-state index contributed by atoms with van der Waals surface area (Å²) >= 11 is 0. The van der Waals surface area contributed by atoms with E-state index in [1.807, 2.05) is 41.5 Å². The number of Topliss-reactive ketones (excluding diaryl/α,β-unsaturated/α-hetero) is 1. The second-order valence-electron chi connectivity index (χ2n) is 10.3. The van der Waals surface area contributed by atoms with Gasteiger partial charge in [-0.2, -0.15) is 0 Å². The van der Waals surface area contributed by atoms with Crippen molar-refractivity contribution in [3.05, 3.63) is 58.7 Å². The lowest BCUT2D eigenvalue weighted by atomic mass is 9.78. The number of phenolic OH excluding ortho intramolecular Hbond substituents is 1. The molecule has 3 rings (SSSR count). The number of benzene rings is 2. The molecule has 0 saturated heterocycles. The number of amides is 1. The smallest absolute Gasteiger partial charge is 0.357 e. The van der Waals surface area contributed by atoms with E-state index in [-0.39, 0.29) is 11.3 Å². The second-order valence-corrected chi connectivity index (χ2v) is 12.6. The minimum Gasteiger partial charge on any atom is -0.507 e. The number of nitrogens with zero attached hydrogens (tertiary/aromatic N) is 1. The number of hydrogen-bond acceptors (Lipinski definition) is 6. The molecule has 2 aromatic carbocycles. The van der Waals surface area contributed by atoms with E-state index in [9.17, 15) is 19.3 Å². The zero-order valence-corrected chi connectivity index (χ0v) is 21.3. The minimum atomic E-state index is -3.97. The zero-order chi connectivity index (χ0) is 24.9. The molecular weight excluding hydrogens is 441 g/mol. The van der Waals surface area contributed by atoms with Gasteiger partial charge in [0.25, 0.3) is 5.78 Å². The Labute approximate surface area is 195 Å². The van der Waals surface area contributed by atoms with Crippen LogP contribution in [-0.2, 0) is 29.2 Å². The van der Waals surface area contributed by atoms with Gasteiger partial charge >= 0.3 is 13.5 Å². The predicted octanol–water partition coefficient (Wildman–Crippen LogP) is 5.70. The third-order valence-electron chi connectivity index (χ3n) is 5.92. The van der Waals surface area contributed by atoms with Crippen molar-refractivity contribution in [2.24, 2.45) is 0 Å². The highest BCUT2D eigenvalue weighted by Crippen LogP contribution is 2.63. The van der Waals surface area contributed by atoms with E-state index in [4.69, 9.17) is 9.05 Å². The van der Waals surface area contributed by atoms with Crippen LogP contribution in [0.25, 0.3) is 0 Å². The number of para-hydroxylation sites is 1. The van der Waals surface area contributed by atoms with Crippen molar-refractivity contribution in [3.63, 3.8) is 0 Å². The first-order valence-corrected chi connectivity index (χ1v) is 12.3. The van der Waals surface area contributed by atoms with Crippen LogP contribution in [0, 0.1) is 0 Å². The third kappa shape index (κ3) is 4.25. The number of fused-ring (bicyclic) bond motifs is 1. The van der Waals surface area contributed by atoms with E-state index < -0.39 is 35.9 Å². The number of phenols is 1. The fourth-order valence-corrected chi connectivity index (χ4v) is 5.72. The SMILES string of the molecule is COP(=O)(OC)C(c1cc(C(C)(C)C)c(O)c(C(C)(C)C)c1)N1C(=O)C(=O)c2ccccc21. The van der Waals surface area contributed by atoms with Gasteiger partial charge in [-0.1, -0.05) is 53.7 Å². The number of anilines is 1. The molecule has 1 unspecified atom stereocenters. The molecule has 1 N–H and O–H groups in total. The highest BCUT2D eigenvalue weighted by molar-refractivity contribution is 7.54. The molecule has 1 heterocycles. The molecule has 0 fully saturated rings. The molecule has 0 bridgehead atoms. The molecule has 0 radical (unpaired) electrons. The molecule has 0 aliphatic carbocycles. The van der Waals surface area contributed by atoms with Gasteiger partial charge in [0.05, 0.1) is 11.3 Å². The van der Waals surface area contributed by atoms with Gasteiger partial charge in [0.1, 0.15) is 5.75 Å². The number of rotatable bonds is 5. The van der Waals surface area contributed by atoms with Crippen LogP contribution in [0.15, 0.2) is 36.4 Å². The summed E-state index contributed by atoms with van der Waals surface area (Å²) < 4.78 is 24.6. The Morgan fingerprint density at radius 3 is 1.85 bits per heavy atom. The monoisotopic (exact) mass is 473 g/mol. The third-order valence-corrected chi connectivity index (χ3v) is 8.07. The van der Waals surface area contributed by atoms with Crippen molar-refractivity contribution >= 4 is 25.0 Å². The normalized spacial score (nSPS) is 15.7. The summed E-state index contributed by atoms with van der Waals surface area (Å²) in [5.74, 6) is -2.57. The number of hydrogen-bond donors (Lipinski definition) is 1. The Morgan fingerprint density at radius 2 is 1.39 bits per heavy atom. The second kappa shape index (κ2) is 8.39. The lowest BCUT2D eigenvalue weighted by molar-refractivity contribution is -0.114. The number of ketones is 1. The van der Waals surface area contributed by atoms with Crippen LogP contribution < -0.4 is 4.90 Å². The molecule has 33 heavy (non-hydrogen) atoms. The topological polar surface area (TPSA) is 93.1 Å². The van der Waals surface area contributed by atoms with Crippen LogP contribution in [0.3, 0.4) is 0 Å². The maximum absolute atomic E-state index is 13.9. The Hall–Kier alpha value is -2.47. The maximum atomic E-state index is 13.9. The summed E-state index contributed by atoms with van der Waals surface area (Å²) in [6, 6.07) is 10.0. The fraction of sp³-hybridized carbons (Fsp3) is 0.440. The Morgan fingerprint density at radius 1 is 0.909 bits per heavy atom. The highest BCUT2D eigenvalue weighted by Gasteiger charge is 2.49. The quantitative estimate of drug-likeness (QED) is 0.442. The Balaban J connectivity index is 2.41. The van der Waals surface area contributed by atoms with Gasteiger partial charge in [-0.3, -0.25) is 19.1 Å². The molecule has 0 aromatic heterocycles. The van der Waals surface area contributed by atoms with Gasteiger partial charge in [0.15, 0.2) is 5.78 Å². The minimum absolute atomic E-state index is 0.145. The van der Waals surface area contributed by atoms with Crippen LogP contribution in [-0.4, -0.2) is 31.0 Å². The lowest BCUT2D eigenvalue weighted by Crippen LogP contribution is -2.35. The predicted molar refractivity (Wildman–Crippen MR) is 128 cm³/mol. The first-order valence-electron chi connectivity index (χ1n) is 10.7. The molecule has 0 saturated carbocycles. The number of carbonyl (C=O) groups is 2. The standard InChI is InChI=1S/C25H32NO6P/c1-24(2,3)17-13-15(14-18(21(17)28)25(4,5)6)23(33(30,31-7)32-8)26-19-12-10-9-11-16(19)20(27)22(26)29/h9-14,23,28H,1-8H3. The first-order chi connectivity index (χ1) is 15.2. The van der Waals surface area contributed by atoms with Crippen molar-refractivity contribution in [2.75, 3.05) is 19.1 Å². The summed E-state index contributed by atoms with van der Waals surface area (Å²) in [4.78, 5) is 27.1. The largest absolute Gasteiger partial charge is 0.507 e. The van der Waals surface area contributed by atoms with Gasteiger partial charge in [-0.15, -0.1) is 0 Å². The van der Waals surface area contributed by atoms with Crippen LogP contribution in [0.5, 0.6) is 5.75 Å². The van der Waals surface area contributed by atoms with Crippen molar-refractivity contribution < 1.29 is 28.3 Å². The van der Waals surface area contributed by atoms with E-state index in [2.05, 4.69) is 0 Å². The van der Waals surface area contributed by atoms with E-state index in [1.54, 1.807) is 36.4 Å². The average Bonchev–Trinajstić information content (AvgIpc) is 2.98. The molecule has 7 nitrogen and oxygen atoms in total. The summed E-state index contributed by atoms with van der Waals surface area (Å²) in [6.45, 7) is 11.7. The van der Waals surface area contributed by atoms with Gasteiger partial charge in [0, 0.05) is 14.2 Å². The van der Waals surface area contributed by atoms with E-state index >= 15 is 0 Å². The molecular formula is C25H32NO6P. The summed E-state index contributed by atoms with van der Waals surface area (Å²) in [5.41, 5.74) is 1.36. The van der Waals surface area contributed by atoms with Gasteiger partial charge in [-0.05, 0) is 51.8 Å². The van der Waals surface area contributed by atoms with E-state index in [1.165, 1.54) is 19.1 Å². The van der Waals surface area contributed by atoms with Crippen LogP contribution in [0.4, 0.5) is 5.69 Å². The van der Waals surface area contributed by atoms with E-state index in [0.717, 1.165) is 0 Å². The molecule has 8 heteroatoms. The molecule has 178 valence electrons. The molecule has 1 atom stereocenters. The molecule has 1 amide bonds. The maximum Gasteiger partial charge on any atom is 0.357 e. The van der Waals surface area contributed by atoms with Gasteiger partial charge in [0.2, 0.25) is 0 Å². The van der Waals surface area contributed by atoms with E-state index in [0.29, 0.717) is 22.4 Å². The van der Waals surface area contributed by atoms with Gasteiger partial charge in [-0.25, -0.2) is 0 Å². The van der Waals surface area contributed by atoms with Crippen LogP contribution >= 0.6 is 7.60 Å². The Kier molecular flexibility index (Phi) is 6.40. The summed E-state index contributed by atoms with van der Waals surface area (Å²) in [6.07, 6.45) is 0. The lowest BCUT2D eigenvalue weighted by Gasteiger charge is -2.35. The number of carbonyl (C=O) groups excluding carboxylic acids is 2. The molecule has 1 aliphatic heterocycles. The van der Waals surface area contributed by atoms with Crippen molar-refractivity contribution in [1.29, 1.82) is 0 Å². The zero-order valence-electron chi connectivity index (χ0n) is 20.4. The van der Waals surface area contributed by atoms with Crippen molar-refractivity contribution in [1.82, 2.24) is 0 Å². The van der Waals surface area contributed by atoms with Crippen LogP contribution in [0.1, 0.15) is 74.4 Å². The Bertz CT molecular complexity index is 1120. The van der Waals surface area contributed by atoms with Crippen LogP contribution in [0.2, 0.25) is 0 Å². The first kappa shape index (κ1) is 25.2. The molecule has 2 aromatic rings. The summed E-state index contributed by atoms with van der Waals surface area (Å²) in [7, 11) is -1.47. The molecule has 0 spiro atoms. The van der Waals surface area contributed by atoms with Crippen molar-refractivity contribution in [3.8, 4) is 5.75 Å². The highest BCUT2D eigenvalue weighted by atomic mass is 31.2.